The Morgan fingerprint density at radius 1 is 1.47 bits per heavy atom. The zero-order valence-electron chi connectivity index (χ0n) is 9.57. The van der Waals surface area contributed by atoms with Gasteiger partial charge in [0.2, 0.25) is 0 Å². The van der Waals surface area contributed by atoms with Gasteiger partial charge < -0.3 is 9.67 Å². The first kappa shape index (κ1) is 11.4. The lowest BCUT2D eigenvalue weighted by Crippen LogP contribution is -1.89. The number of carboxylic acid groups (broad SMARTS) is 1. The molecule has 2 aromatic rings. The van der Waals surface area contributed by atoms with E-state index in [1.54, 1.807) is 19.2 Å². The fourth-order valence-corrected chi connectivity index (χ4v) is 1.94. The van der Waals surface area contributed by atoms with E-state index in [4.69, 9.17) is 5.11 Å². The van der Waals surface area contributed by atoms with E-state index in [1.165, 1.54) is 12.1 Å². The molecular weight excluding hydrogens is 221 g/mol. The molecular formula is C13H12FNO2. The average Bonchev–Trinajstić information content (AvgIpc) is 2.54. The largest absolute Gasteiger partial charge is 0.478 e. The van der Waals surface area contributed by atoms with Crippen LogP contribution in [-0.4, -0.2) is 15.6 Å². The van der Waals surface area contributed by atoms with E-state index in [-0.39, 0.29) is 5.82 Å². The zero-order chi connectivity index (χ0) is 12.6. The molecule has 1 N–H and O–H groups in total. The molecule has 0 bridgehead atoms. The molecule has 0 unspecified atom stereocenters. The molecule has 0 aliphatic rings. The fraction of sp³-hybridized carbons (Fsp3) is 0.154. The minimum atomic E-state index is -1.00. The van der Waals surface area contributed by atoms with Crippen molar-refractivity contribution in [2.45, 2.75) is 6.92 Å². The van der Waals surface area contributed by atoms with Crippen LogP contribution in [0.25, 0.3) is 16.5 Å². The van der Waals surface area contributed by atoms with E-state index in [0.717, 1.165) is 22.5 Å². The van der Waals surface area contributed by atoms with Crippen LogP contribution in [0.15, 0.2) is 30.5 Å². The van der Waals surface area contributed by atoms with Crippen molar-refractivity contribution in [3.63, 3.8) is 0 Å². The number of benzene rings is 1. The third-order valence-electron chi connectivity index (χ3n) is 2.72. The van der Waals surface area contributed by atoms with Crippen LogP contribution in [0.2, 0.25) is 0 Å². The second-order valence-corrected chi connectivity index (χ2v) is 3.98. The summed E-state index contributed by atoms with van der Waals surface area (Å²) in [6.07, 6.45) is 2.93. The molecule has 88 valence electrons. The Balaban J connectivity index is 2.70. The summed E-state index contributed by atoms with van der Waals surface area (Å²) in [5.74, 6) is -1.33. The number of carboxylic acids is 1. The Labute approximate surface area is 97.8 Å². The van der Waals surface area contributed by atoms with Crippen molar-refractivity contribution in [3.05, 3.63) is 41.9 Å². The molecule has 0 radical (unpaired) electrons. The molecule has 2 rings (SSSR count). The number of nitrogens with zero attached hydrogens (tertiary/aromatic N) is 1. The molecule has 0 aliphatic heterocycles. The van der Waals surface area contributed by atoms with Crippen LogP contribution in [0.4, 0.5) is 4.39 Å². The molecule has 3 nitrogen and oxygen atoms in total. The van der Waals surface area contributed by atoms with Gasteiger partial charge in [-0.2, -0.15) is 0 Å². The van der Waals surface area contributed by atoms with E-state index in [1.807, 2.05) is 11.6 Å². The van der Waals surface area contributed by atoms with Crippen LogP contribution in [-0.2, 0) is 11.8 Å². The Morgan fingerprint density at radius 3 is 2.82 bits per heavy atom. The van der Waals surface area contributed by atoms with Gasteiger partial charge in [0.05, 0.1) is 0 Å². The van der Waals surface area contributed by atoms with Crippen molar-refractivity contribution >= 4 is 22.4 Å². The van der Waals surface area contributed by atoms with E-state index < -0.39 is 5.97 Å². The molecule has 0 atom stereocenters. The Kier molecular flexibility index (Phi) is 2.71. The van der Waals surface area contributed by atoms with Gasteiger partial charge >= 0.3 is 5.97 Å². The van der Waals surface area contributed by atoms with Crippen LogP contribution in [0.5, 0.6) is 0 Å². The molecule has 17 heavy (non-hydrogen) atoms. The first-order valence-corrected chi connectivity index (χ1v) is 5.15. The van der Waals surface area contributed by atoms with Gasteiger partial charge in [0.1, 0.15) is 5.82 Å². The van der Waals surface area contributed by atoms with Crippen LogP contribution in [0.1, 0.15) is 12.5 Å². The lowest BCUT2D eigenvalue weighted by Gasteiger charge is -1.98. The van der Waals surface area contributed by atoms with E-state index >= 15 is 0 Å². The van der Waals surface area contributed by atoms with Gasteiger partial charge in [0, 0.05) is 35.8 Å². The van der Waals surface area contributed by atoms with Gasteiger partial charge in [-0.1, -0.05) is 0 Å². The maximum absolute atomic E-state index is 13.2. The van der Waals surface area contributed by atoms with Crippen molar-refractivity contribution < 1.29 is 14.3 Å². The number of rotatable bonds is 2. The highest BCUT2D eigenvalue weighted by atomic mass is 19.1. The SMILES string of the molecule is C/C(=C\C(=O)O)c1cn(C)c2ccc(F)cc12. The standard InChI is InChI=1S/C13H12FNO2/c1-8(5-13(16)17)11-7-15(2)12-4-3-9(14)6-10(11)12/h3-7H,1-2H3,(H,16,17)/b8-5+. The Morgan fingerprint density at radius 2 is 2.18 bits per heavy atom. The van der Waals surface area contributed by atoms with Gasteiger partial charge in [-0.3, -0.25) is 0 Å². The van der Waals surface area contributed by atoms with Gasteiger partial charge in [-0.05, 0) is 30.7 Å². The molecule has 1 heterocycles. The molecule has 0 amide bonds. The Hall–Kier alpha value is -2.10. The summed E-state index contributed by atoms with van der Waals surface area (Å²) in [6, 6.07) is 4.49. The zero-order valence-corrected chi connectivity index (χ0v) is 9.57. The van der Waals surface area contributed by atoms with Gasteiger partial charge in [0.15, 0.2) is 0 Å². The monoisotopic (exact) mass is 233 g/mol. The van der Waals surface area contributed by atoms with E-state index in [9.17, 15) is 9.18 Å². The van der Waals surface area contributed by atoms with Crippen LogP contribution in [0, 0.1) is 5.82 Å². The maximum atomic E-state index is 13.2. The third-order valence-corrected chi connectivity index (χ3v) is 2.72. The number of aryl methyl sites for hydroxylation is 1. The number of aromatic nitrogens is 1. The molecule has 0 spiro atoms. The molecule has 0 fully saturated rings. The highest BCUT2D eigenvalue weighted by Gasteiger charge is 2.09. The van der Waals surface area contributed by atoms with Gasteiger partial charge in [-0.15, -0.1) is 0 Å². The lowest BCUT2D eigenvalue weighted by molar-refractivity contribution is -0.131. The summed E-state index contributed by atoms with van der Waals surface area (Å²) in [5.41, 5.74) is 2.22. The predicted octanol–water partition coefficient (Wildman–Crippen LogP) is 2.81. The normalized spacial score (nSPS) is 12.1. The summed E-state index contributed by atoms with van der Waals surface area (Å²) in [7, 11) is 1.85. The molecule has 0 aliphatic carbocycles. The Bertz CT molecular complexity index is 626. The fourth-order valence-electron chi connectivity index (χ4n) is 1.94. The van der Waals surface area contributed by atoms with Gasteiger partial charge in [0.25, 0.3) is 0 Å². The molecule has 4 heteroatoms. The topological polar surface area (TPSA) is 42.2 Å². The third kappa shape index (κ3) is 2.06. The second kappa shape index (κ2) is 4.05. The first-order chi connectivity index (χ1) is 7.99. The van der Waals surface area contributed by atoms with E-state index in [2.05, 4.69) is 0 Å². The smallest absolute Gasteiger partial charge is 0.328 e. The van der Waals surface area contributed by atoms with Crippen LogP contribution < -0.4 is 0 Å². The average molecular weight is 233 g/mol. The number of hydrogen-bond donors (Lipinski definition) is 1. The van der Waals surface area contributed by atoms with Gasteiger partial charge in [-0.25, -0.2) is 9.18 Å². The summed E-state index contributed by atoms with van der Waals surface area (Å²) in [5, 5.41) is 9.45. The molecule has 0 saturated heterocycles. The maximum Gasteiger partial charge on any atom is 0.328 e. The predicted molar refractivity (Wildman–Crippen MR) is 64.2 cm³/mol. The number of fused-ring (bicyclic) bond motifs is 1. The van der Waals surface area contributed by atoms with Crippen molar-refractivity contribution in [1.82, 2.24) is 4.57 Å². The minimum Gasteiger partial charge on any atom is -0.478 e. The summed E-state index contributed by atoms with van der Waals surface area (Å²) in [4.78, 5) is 10.6. The highest BCUT2D eigenvalue weighted by Crippen LogP contribution is 2.27. The summed E-state index contributed by atoms with van der Waals surface area (Å²) >= 11 is 0. The number of halogens is 1. The number of hydrogen-bond acceptors (Lipinski definition) is 1. The molecule has 1 aromatic carbocycles. The quantitative estimate of drug-likeness (QED) is 0.810. The number of carbonyl (C=O) groups is 1. The van der Waals surface area contributed by atoms with Crippen molar-refractivity contribution in [1.29, 1.82) is 0 Å². The molecule has 0 saturated carbocycles. The van der Waals surface area contributed by atoms with Crippen molar-refractivity contribution in [2.24, 2.45) is 7.05 Å². The lowest BCUT2D eigenvalue weighted by atomic mass is 10.1. The van der Waals surface area contributed by atoms with Crippen molar-refractivity contribution in [2.75, 3.05) is 0 Å². The minimum absolute atomic E-state index is 0.326. The highest BCUT2D eigenvalue weighted by molar-refractivity contribution is 5.97. The number of allylic oxidation sites excluding steroid dienone is 1. The van der Waals surface area contributed by atoms with E-state index in [0.29, 0.717) is 5.57 Å². The van der Waals surface area contributed by atoms with Crippen LogP contribution in [0.3, 0.4) is 0 Å². The number of aliphatic carboxylic acids is 1. The summed E-state index contributed by atoms with van der Waals surface area (Å²) in [6.45, 7) is 1.70. The van der Waals surface area contributed by atoms with Crippen LogP contribution >= 0.6 is 0 Å². The molecule has 1 aromatic heterocycles. The first-order valence-electron chi connectivity index (χ1n) is 5.15. The van der Waals surface area contributed by atoms with Crippen molar-refractivity contribution in [3.8, 4) is 0 Å². The summed E-state index contributed by atoms with van der Waals surface area (Å²) < 4.78 is 15.1. The second-order valence-electron chi connectivity index (χ2n) is 3.98.